The highest BCUT2D eigenvalue weighted by Gasteiger charge is 2.16. The zero-order valence-electron chi connectivity index (χ0n) is 19.7. The number of carbonyl (C=O) groups excluding carboxylic acids is 2. The molecule has 0 fully saturated rings. The molecule has 0 aliphatic carbocycles. The maximum atomic E-state index is 12.9. The molecule has 0 saturated carbocycles. The summed E-state index contributed by atoms with van der Waals surface area (Å²) >= 11 is 1.30. The average molecular weight is 483 g/mol. The normalized spacial score (nSPS) is 10.6. The van der Waals surface area contributed by atoms with Crippen LogP contribution in [-0.2, 0) is 16.0 Å². The first kappa shape index (κ1) is 25.2. The number of amides is 2. The minimum absolute atomic E-state index is 0.00382. The van der Waals surface area contributed by atoms with Gasteiger partial charge in [-0.1, -0.05) is 36.8 Å². The van der Waals surface area contributed by atoms with Crippen LogP contribution >= 0.6 is 11.3 Å². The molecule has 0 unspecified atom stereocenters. The van der Waals surface area contributed by atoms with E-state index in [9.17, 15) is 9.59 Å². The summed E-state index contributed by atoms with van der Waals surface area (Å²) in [5.41, 5.74) is 1.81. The first-order valence-corrected chi connectivity index (χ1v) is 12.0. The predicted octanol–water partition coefficient (Wildman–Crippen LogP) is 4.42. The molecular weight excluding hydrogens is 452 g/mol. The summed E-state index contributed by atoms with van der Waals surface area (Å²) in [6.07, 6.45) is 2.33. The summed E-state index contributed by atoms with van der Waals surface area (Å²) in [6, 6.07) is 14.9. The lowest BCUT2D eigenvalue weighted by molar-refractivity contribution is -0.131. The second kappa shape index (κ2) is 12.7. The minimum atomic E-state index is -0.198. The summed E-state index contributed by atoms with van der Waals surface area (Å²) in [7, 11) is 3.23. The van der Waals surface area contributed by atoms with Crippen LogP contribution in [-0.4, -0.2) is 54.2 Å². The number of hydrogen-bond donors (Lipinski definition) is 1. The predicted molar refractivity (Wildman–Crippen MR) is 133 cm³/mol. The molecule has 0 aliphatic heterocycles. The van der Waals surface area contributed by atoms with Gasteiger partial charge in [0.15, 0.2) is 0 Å². The molecule has 2 amide bonds. The van der Waals surface area contributed by atoms with E-state index in [0.717, 1.165) is 35.5 Å². The van der Waals surface area contributed by atoms with Crippen molar-refractivity contribution < 1.29 is 19.1 Å². The van der Waals surface area contributed by atoms with Crippen LogP contribution in [0.2, 0.25) is 0 Å². The summed E-state index contributed by atoms with van der Waals surface area (Å²) in [6.45, 7) is 3.05. The van der Waals surface area contributed by atoms with Gasteiger partial charge in [0.25, 0.3) is 0 Å². The number of nitrogens with zero attached hydrogens (tertiary/aromatic N) is 3. The fourth-order valence-electron chi connectivity index (χ4n) is 3.28. The second-order valence-corrected chi connectivity index (χ2v) is 8.68. The van der Waals surface area contributed by atoms with Gasteiger partial charge in [-0.2, -0.15) is 0 Å². The molecule has 3 rings (SSSR count). The lowest BCUT2D eigenvalue weighted by atomic mass is 10.1. The topological polar surface area (TPSA) is 93.7 Å². The van der Waals surface area contributed by atoms with Gasteiger partial charge >= 0.3 is 0 Å². The van der Waals surface area contributed by atoms with Crippen molar-refractivity contribution in [3.63, 3.8) is 0 Å². The van der Waals surface area contributed by atoms with E-state index >= 15 is 0 Å². The first-order chi connectivity index (χ1) is 16.5. The van der Waals surface area contributed by atoms with E-state index in [1.54, 1.807) is 19.1 Å². The Kier molecular flexibility index (Phi) is 9.40. The Hall–Kier alpha value is -3.46. The van der Waals surface area contributed by atoms with Gasteiger partial charge in [-0.05, 0) is 48.4 Å². The zero-order chi connectivity index (χ0) is 24.3. The van der Waals surface area contributed by atoms with Gasteiger partial charge in [-0.3, -0.25) is 9.59 Å². The van der Waals surface area contributed by atoms with Crippen LogP contribution in [0.5, 0.6) is 11.5 Å². The number of rotatable bonds is 12. The van der Waals surface area contributed by atoms with Crippen LogP contribution in [0, 0.1) is 0 Å². The summed E-state index contributed by atoms with van der Waals surface area (Å²) in [5.74, 6) is 1.32. The number of benzene rings is 2. The molecule has 9 heteroatoms. The molecule has 3 aromatic rings. The van der Waals surface area contributed by atoms with Crippen molar-refractivity contribution in [3.05, 3.63) is 54.1 Å². The van der Waals surface area contributed by atoms with Gasteiger partial charge in [0.2, 0.25) is 16.9 Å². The van der Waals surface area contributed by atoms with Crippen molar-refractivity contribution in [3.8, 4) is 22.1 Å². The summed E-state index contributed by atoms with van der Waals surface area (Å²) in [4.78, 5) is 27.2. The van der Waals surface area contributed by atoms with Crippen molar-refractivity contribution in [2.24, 2.45) is 0 Å². The van der Waals surface area contributed by atoms with E-state index in [0.29, 0.717) is 23.2 Å². The second-order valence-electron chi connectivity index (χ2n) is 7.70. The Bertz CT molecular complexity index is 1070. The Morgan fingerprint density at radius 2 is 1.59 bits per heavy atom. The van der Waals surface area contributed by atoms with Crippen LogP contribution in [0.25, 0.3) is 10.6 Å². The molecule has 8 nitrogen and oxygen atoms in total. The Labute approximate surface area is 203 Å². The molecule has 34 heavy (non-hydrogen) atoms. The molecule has 180 valence electrons. The quantitative estimate of drug-likeness (QED) is 0.411. The number of unbranched alkanes of at least 4 members (excludes halogenated alkanes) is 1. The third-order valence-electron chi connectivity index (χ3n) is 5.27. The fraction of sp³-hybridized carbons (Fsp3) is 0.360. The van der Waals surface area contributed by atoms with E-state index < -0.39 is 0 Å². The lowest BCUT2D eigenvalue weighted by Crippen LogP contribution is -2.35. The Morgan fingerprint density at radius 3 is 2.21 bits per heavy atom. The Morgan fingerprint density at radius 1 is 0.941 bits per heavy atom. The van der Waals surface area contributed by atoms with Crippen LogP contribution < -0.4 is 14.8 Å². The van der Waals surface area contributed by atoms with Crippen molar-refractivity contribution in [1.29, 1.82) is 0 Å². The average Bonchev–Trinajstić information content (AvgIpc) is 3.32. The summed E-state index contributed by atoms with van der Waals surface area (Å²) in [5, 5.41) is 12.2. The molecule has 0 atom stereocenters. The standard InChI is InChI=1S/C25H30N4O4S/c1-4-5-15-29(23(31)17-18-6-10-20(32-2)11-7-18)16-14-22(30)26-25-28-27-24(34-25)19-8-12-21(33-3)13-9-19/h6-13H,4-5,14-17H2,1-3H3,(H,26,28,30). The highest BCUT2D eigenvalue weighted by molar-refractivity contribution is 7.18. The van der Waals surface area contributed by atoms with Crippen molar-refractivity contribution in [2.45, 2.75) is 32.6 Å². The number of aromatic nitrogens is 2. The van der Waals surface area contributed by atoms with Crippen LogP contribution in [0.15, 0.2) is 48.5 Å². The van der Waals surface area contributed by atoms with Gasteiger partial charge in [0, 0.05) is 25.1 Å². The first-order valence-electron chi connectivity index (χ1n) is 11.2. The molecule has 0 bridgehead atoms. The SMILES string of the molecule is CCCCN(CCC(=O)Nc1nnc(-c2ccc(OC)cc2)s1)C(=O)Cc1ccc(OC)cc1. The molecule has 0 radical (unpaired) electrons. The fourth-order valence-corrected chi connectivity index (χ4v) is 4.05. The number of methoxy groups -OCH3 is 2. The Balaban J connectivity index is 1.54. The number of hydrogen-bond acceptors (Lipinski definition) is 7. The summed E-state index contributed by atoms with van der Waals surface area (Å²) < 4.78 is 10.3. The maximum Gasteiger partial charge on any atom is 0.227 e. The lowest BCUT2D eigenvalue weighted by Gasteiger charge is -2.22. The van der Waals surface area contributed by atoms with Gasteiger partial charge in [-0.15, -0.1) is 10.2 Å². The highest BCUT2D eigenvalue weighted by Crippen LogP contribution is 2.27. The van der Waals surface area contributed by atoms with Gasteiger partial charge in [-0.25, -0.2) is 0 Å². The van der Waals surface area contributed by atoms with Crippen LogP contribution in [0.4, 0.5) is 5.13 Å². The van der Waals surface area contributed by atoms with E-state index in [4.69, 9.17) is 9.47 Å². The van der Waals surface area contributed by atoms with Crippen molar-refractivity contribution >= 4 is 28.3 Å². The molecule has 0 saturated heterocycles. The monoisotopic (exact) mass is 482 g/mol. The largest absolute Gasteiger partial charge is 0.497 e. The van der Waals surface area contributed by atoms with E-state index in [1.165, 1.54) is 11.3 Å². The van der Waals surface area contributed by atoms with E-state index in [2.05, 4.69) is 22.4 Å². The molecule has 1 N–H and O–H groups in total. The number of carbonyl (C=O) groups is 2. The van der Waals surface area contributed by atoms with E-state index in [-0.39, 0.29) is 24.7 Å². The van der Waals surface area contributed by atoms with Gasteiger partial charge < -0.3 is 19.7 Å². The molecule has 0 aliphatic rings. The van der Waals surface area contributed by atoms with Crippen LogP contribution in [0.3, 0.4) is 0 Å². The minimum Gasteiger partial charge on any atom is -0.497 e. The third kappa shape index (κ3) is 7.28. The zero-order valence-corrected chi connectivity index (χ0v) is 20.6. The number of ether oxygens (including phenoxy) is 2. The van der Waals surface area contributed by atoms with Gasteiger partial charge in [0.1, 0.15) is 16.5 Å². The molecule has 1 aromatic heterocycles. The number of anilines is 1. The molecule has 0 spiro atoms. The molecular formula is C25H30N4O4S. The van der Waals surface area contributed by atoms with Crippen LogP contribution in [0.1, 0.15) is 31.7 Å². The third-order valence-corrected chi connectivity index (χ3v) is 6.15. The number of nitrogens with one attached hydrogen (secondary N) is 1. The van der Waals surface area contributed by atoms with Gasteiger partial charge in [0.05, 0.1) is 20.6 Å². The maximum absolute atomic E-state index is 12.9. The smallest absolute Gasteiger partial charge is 0.227 e. The van der Waals surface area contributed by atoms with E-state index in [1.807, 2.05) is 48.5 Å². The highest BCUT2D eigenvalue weighted by atomic mass is 32.1. The molecule has 2 aromatic carbocycles. The molecule has 1 heterocycles. The van der Waals surface area contributed by atoms with Crippen molar-refractivity contribution in [1.82, 2.24) is 15.1 Å². The van der Waals surface area contributed by atoms with Crippen molar-refractivity contribution in [2.75, 3.05) is 32.6 Å².